The highest BCUT2D eigenvalue weighted by Gasteiger charge is 2.35. The van der Waals surface area contributed by atoms with Gasteiger partial charge in [-0.3, -0.25) is 9.59 Å². The van der Waals surface area contributed by atoms with Crippen molar-refractivity contribution in [2.24, 2.45) is 5.92 Å². The molecule has 4 rings (SSSR count). The molecule has 9 nitrogen and oxygen atoms in total. The first kappa shape index (κ1) is 24.9. The number of carbonyl (C=O) groups is 2. The van der Waals surface area contributed by atoms with E-state index in [0.717, 1.165) is 26.1 Å². The minimum absolute atomic E-state index is 0.0658. The van der Waals surface area contributed by atoms with E-state index in [1.807, 2.05) is 0 Å². The number of piperidine rings is 1. The van der Waals surface area contributed by atoms with Gasteiger partial charge in [0, 0.05) is 25.7 Å². The summed E-state index contributed by atoms with van der Waals surface area (Å²) in [5.41, 5.74) is 1.01. The van der Waals surface area contributed by atoms with Crippen LogP contribution in [0.4, 0.5) is 5.69 Å². The normalized spacial score (nSPS) is 22.3. The molecule has 0 spiro atoms. The molecule has 1 aromatic rings. The van der Waals surface area contributed by atoms with E-state index in [4.69, 9.17) is 4.74 Å². The average Bonchev–Trinajstić information content (AvgIpc) is 3.10. The lowest BCUT2D eigenvalue weighted by Gasteiger charge is -2.32. The molecule has 1 aromatic carbocycles. The number of fused-ring (bicyclic) bond motifs is 1. The molecular formula is C24H36N4O5S. The Labute approximate surface area is 202 Å². The predicted molar refractivity (Wildman–Crippen MR) is 129 cm³/mol. The van der Waals surface area contributed by atoms with Crippen LogP contribution in [-0.4, -0.2) is 75.3 Å². The SMILES string of the molecule is Cc1cc2c(cc1S(=O)(=O)N1CCC[C@@H](C(=O)NCCCN3CCCCCC3)C1)OCC(=O)N2. The van der Waals surface area contributed by atoms with Crippen molar-refractivity contribution in [3.63, 3.8) is 0 Å². The van der Waals surface area contributed by atoms with Crippen molar-refractivity contribution in [1.82, 2.24) is 14.5 Å². The molecule has 3 aliphatic rings. The number of carbonyl (C=O) groups excluding carboxylic acids is 2. The molecule has 34 heavy (non-hydrogen) atoms. The van der Waals surface area contributed by atoms with E-state index in [1.165, 1.54) is 36.1 Å². The molecule has 3 aliphatic heterocycles. The van der Waals surface area contributed by atoms with Gasteiger partial charge < -0.3 is 20.3 Å². The molecule has 0 bridgehead atoms. The van der Waals surface area contributed by atoms with E-state index < -0.39 is 10.0 Å². The van der Waals surface area contributed by atoms with Crippen molar-refractivity contribution in [1.29, 1.82) is 0 Å². The van der Waals surface area contributed by atoms with Gasteiger partial charge in [0.15, 0.2) is 6.61 Å². The lowest BCUT2D eigenvalue weighted by atomic mass is 9.99. The van der Waals surface area contributed by atoms with Crippen molar-refractivity contribution in [3.05, 3.63) is 17.7 Å². The van der Waals surface area contributed by atoms with E-state index >= 15 is 0 Å². The molecule has 2 N–H and O–H groups in total. The molecule has 2 fully saturated rings. The second kappa shape index (κ2) is 11.0. The third kappa shape index (κ3) is 5.90. The Hall–Kier alpha value is -2.17. The minimum Gasteiger partial charge on any atom is -0.482 e. The van der Waals surface area contributed by atoms with E-state index in [1.54, 1.807) is 13.0 Å². The van der Waals surface area contributed by atoms with Gasteiger partial charge >= 0.3 is 0 Å². The first-order valence-corrected chi connectivity index (χ1v) is 13.9. The maximum absolute atomic E-state index is 13.4. The second-order valence-corrected chi connectivity index (χ2v) is 11.5. The Morgan fingerprint density at radius 2 is 1.91 bits per heavy atom. The van der Waals surface area contributed by atoms with Crippen LogP contribution in [0.3, 0.4) is 0 Å². The number of amides is 2. The number of benzene rings is 1. The maximum atomic E-state index is 13.4. The van der Waals surface area contributed by atoms with Crippen LogP contribution in [0.2, 0.25) is 0 Å². The number of hydrogen-bond acceptors (Lipinski definition) is 6. The van der Waals surface area contributed by atoms with Gasteiger partial charge in [-0.05, 0) is 70.3 Å². The van der Waals surface area contributed by atoms with Crippen LogP contribution in [-0.2, 0) is 19.6 Å². The summed E-state index contributed by atoms with van der Waals surface area (Å²) in [6, 6.07) is 3.10. The molecule has 188 valence electrons. The molecule has 10 heteroatoms. The van der Waals surface area contributed by atoms with Crippen LogP contribution in [0.25, 0.3) is 0 Å². The Kier molecular flexibility index (Phi) is 8.10. The summed E-state index contributed by atoms with van der Waals surface area (Å²) in [7, 11) is -3.80. The Bertz CT molecular complexity index is 1000. The topological polar surface area (TPSA) is 108 Å². The van der Waals surface area contributed by atoms with Crippen molar-refractivity contribution < 1.29 is 22.7 Å². The molecule has 1 atom stereocenters. The molecule has 0 aliphatic carbocycles. The molecule has 0 radical (unpaired) electrons. The largest absolute Gasteiger partial charge is 0.482 e. The number of nitrogens with one attached hydrogen (secondary N) is 2. The Morgan fingerprint density at radius 1 is 1.15 bits per heavy atom. The number of sulfonamides is 1. The van der Waals surface area contributed by atoms with Gasteiger partial charge in [0.1, 0.15) is 5.75 Å². The third-order valence-corrected chi connectivity index (χ3v) is 8.94. The standard InChI is InChI=1S/C24H36N4O5S/c1-18-14-20-21(33-17-23(29)26-20)15-22(18)34(31,32)28-13-6-8-19(16-28)24(30)25-9-7-12-27-10-4-2-3-5-11-27/h14-15,19H,2-13,16-17H2,1H3,(H,25,30)(H,26,29)/t19-/m1/s1. The zero-order valence-electron chi connectivity index (χ0n) is 20.0. The number of likely N-dealkylation sites (tertiary alicyclic amines) is 1. The van der Waals surface area contributed by atoms with E-state index in [9.17, 15) is 18.0 Å². The number of aryl methyl sites for hydroxylation is 1. The average molecular weight is 493 g/mol. The van der Waals surface area contributed by atoms with Crippen molar-refractivity contribution >= 4 is 27.5 Å². The van der Waals surface area contributed by atoms with Crippen LogP contribution < -0.4 is 15.4 Å². The highest BCUT2D eigenvalue weighted by molar-refractivity contribution is 7.89. The summed E-state index contributed by atoms with van der Waals surface area (Å²) in [6.07, 6.45) is 7.35. The third-order valence-electron chi connectivity index (χ3n) is 6.93. The predicted octanol–water partition coefficient (Wildman–Crippen LogP) is 2.11. The summed E-state index contributed by atoms with van der Waals surface area (Å²) in [5, 5.41) is 5.73. The van der Waals surface area contributed by atoms with E-state index in [2.05, 4.69) is 15.5 Å². The molecule has 0 aromatic heterocycles. The van der Waals surface area contributed by atoms with Crippen molar-refractivity contribution in [3.8, 4) is 5.75 Å². The van der Waals surface area contributed by atoms with Gasteiger partial charge in [-0.2, -0.15) is 4.31 Å². The molecule has 2 saturated heterocycles. The monoisotopic (exact) mass is 492 g/mol. The first-order valence-electron chi connectivity index (χ1n) is 12.4. The van der Waals surface area contributed by atoms with E-state index in [-0.39, 0.29) is 35.8 Å². The van der Waals surface area contributed by atoms with Crippen LogP contribution >= 0.6 is 0 Å². The fourth-order valence-corrected chi connectivity index (χ4v) is 6.77. The number of anilines is 1. The van der Waals surface area contributed by atoms with Crippen molar-refractivity contribution in [2.45, 2.75) is 56.8 Å². The highest BCUT2D eigenvalue weighted by atomic mass is 32.2. The van der Waals surface area contributed by atoms with Crippen LogP contribution in [0.15, 0.2) is 17.0 Å². The fraction of sp³-hybridized carbons (Fsp3) is 0.667. The molecule has 3 heterocycles. The summed E-state index contributed by atoms with van der Waals surface area (Å²) < 4.78 is 33.7. The number of nitrogens with zero attached hydrogens (tertiary/aromatic N) is 2. The zero-order chi connectivity index (χ0) is 24.1. The molecule has 0 unspecified atom stereocenters. The van der Waals surface area contributed by atoms with Gasteiger partial charge in [0.05, 0.1) is 16.5 Å². The first-order chi connectivity index (χ1) is 16.3. The summed E-state index contributed by atoms with van der Waals surface area (Å²) >= 11 is 0. The second-order valence-electron chi connectivity index (χ2n) is 9.55. The lowest BCUT2D eigenvalue weighted by Crippen LogP contribution is -2.45. The summed E-state index contributed by atoms with van der Waals surface area (Å²) in [4.78, 5) is 27.0. The summed E-state index contributed by atoms with van der Waals surface area (Å²) in [6.45, 7) is 6.01. The maximum Gasteiger partial charge on any atom is 0.262 e. The zero-order valence-corrected chi connectivity index (χ0v) is 20.8. The molecule has 0 saturated carbocycles. The number of hydrogen-bond donors (Lipinski definition) is 2. The smallest absolute Gasteiger partial charge is 0.262 e. The lowest BCUT2D eigenvalue weighted by molar-refractivity contribution is -0.126. The van der Waals surface area contributed by atoms with Gasteiger partial charge in [-0.15, -0.1) is 0 Å². The quantitative estimate of drug-likeness (QED) is 0.565. The Balaban J connectivity index is 1.33. The fourth-order valence-electron chi connectivity index (χ4n) is 5.03. The van der Waals surface area contributed by atoms with Crippen LogP contribution in [0.1, 0.15) is 50.5 Å². The van der Waals surface area contributed by atoms with Gasteiger partial charge in [-0.1, -0.05) is 12.8 Å². The summed E-state index contributed by atoms with van der Waals surface area (Å²) in [5.74, 6) is -0.336. The highest BCUT2D eigenvalue weighted by Crippen LogP contribution is 2.35. The van der Waals surface area contributed by atoms with Crippen LogP contribution in [0, 0.1) is 12.8 Å². The van der Waals surface area contributed by atoms with Crippen LogP contribution in [0.5, 0.6) is 5.75 Å². The van der Waals surface area contributed by atoms with Gasteiger partial charge in [0.2, 0.25) is 15.9 Å². The minimum atomic E-state index is -3.80. The van der Waals surface area contributed by atoms with E-state index in [0.29, 0.717) is 42.9 Å². The van der Waals surface area contributed by atoms with Gasteiger partial charge in [0.25, 0.3) is 5.91 Å². The Morgan fingerprint density at radius 3 is 2.68 bits per heavy atom. The molecule has 2 amide bonds. The molecular weight excluding hydrogens is 456 g/mol. The van der Waals surface area contributed by atoms with Crippen molar-refractivity contribution in [2.75, 3.05) is 51.2 Å². The number of rotatable bonds is 7. The number of ether oxygens (including phenoxy) is 1. The van der Waals surface area contributed by atoms with Gasteiger partial charge in [-0.25, -0.2) is 8.42 Å².